The minimum Gasteiger partial charge on any atom is -0.240 e. The molecule has 0 aliphatic rings. The van der Waals surface area contributed by atoms with Crippen LogP contribution < -0.4 is 5.59 Å². The van der Waals surface area contributed by atoms with Gasteiger partial charge in [-0.2, -0.15) is 5.10 Å². The Kier molecular flexibility index (Phi) is 2.30. The van der Waals surface area contributed by atoms with Crippen molar-refractivity contribution in [1.82, 2.24) is 9.61 Å². The van der Waals surface area contributed by atoms with Crippen LogP contribution >= 0.6 is 0 Å². The van der Waals surface area contributed by atoms with E-state index in [0.29, 0.717) is 5.52 Å². The first-order valence-electron chi connectivity index (χ1n) is 4.52. The number of fused-ring (bicyclic) bond motifs is 1. The Labute approximate surface area is 89.2 Å². The first-order chi connectivity index (χ1) is 7.06. The number of aromatic nitrogens is 2. The lowest BCUT2D eigenvalue weighted by Gasteiger charge is -1.99. The third kappa shape index (κ3) is 1.54. The zero-order chi connectivity index (χ0) is 11.1. The van der Waals surface area contributed by atoms with Crippen molar-refractivity contribution in [2.75, 3.05) is 5.75 Å². The van der Waals surface area contributed by atoms with E-state index in [4.69, 9.17) is 7.85 Å². The summed E-state index contributed by atoms with van der Waals surface area (Å²) in [6.45, 7) is 1.58. The van der Waals surface area contributed by atoms with E-state index >= 15 is 0 Å². The van der Waals surface area contributed by atoms with Crippen molar-refractivity contribution >= 4 is 28.8 Å². The highest BCUT2D eigenvalue weighted by Crippen LogP contribution is 2.15. The summed E-state index contributed by atoms with van der Waals surface area (Å²) in [4.78, 5) is 0.130. The molecule has 0 aliphatic heterocycles. The minimum absolute atomic E-state index is 0.0213. The van der Waals surface area contributed by atoms with Crippen LogP contribution in [0.4, 0.5) is 0 Å². The zero-order valence-electron chi connectivity index (χ0n) is 8.21. The number of nitrogens with zero attached hydrogens (tertiary/aromatic N) is 2. The number of sulfone groups is 1. The molecule has 2 radical (unpaired) electrons. The monoisotopic (exact) mass is 220 g/mol. The van der Waals surface area contributed by atoms with Gasteiger partial charge in [0.1, 0.15) is 12.7 Å². The fourth-order valence-corrected chi connectivity index (χ4v) is 2.59. The molecule has 0 unspecified atom stereocenters. The average Bonchev–Trinajstić information content (AvgIpc) is 2.54. The highest BCUT2D eigenvalue weighted by atomic mass is 32.2. The van der Waals surface area contributed by atoms with Gasteiger partial charge in [0.25, 0.3) is 0 Å². The van der Waals surface area contributed by atoms with Crippen molar-refractivity contribution in [3.8, 4) is 0 Å². The number of pyridine rings is 1. The molecule has 6 heteroatoms. The Morgan fingerprint density at radius 1 is 1.47 bits per heavy atom. The van der Waals surface area contributed by atoms with Crippen molar-refractivity contribution in [3.05, 3.63) is 24.4 Å². The molecule has 4 nitrogen and oxygen atoms in total. The lowest BCUT2D eigenvalue weighted by Crippen LogP contribution is -2.16. The largest absolute Gasteiger partial charge is 0.240 e. The standard InChI is InChI=1S/C9H9BN2O2S/c1-2-15(13,14)8-7-5-3-4-6-12(7)11-9(8)10/h3-6H,2H2,1H3. The van der Waals surface area contributed by atoms with Crippen molar-refractivity contribution in [2.24, 2.45) is 0 Å². The summed E-state index contributed by atoms with van der Waals surface area (Å²) in [5.74, 6) is 0.0213. The second-order valence-corrected chi connectivity index (χ2v) is 5.36. The van der Waals surface area contributed by atoms with Gasteiger partial charge in [0.15, 0.2) is 9.84 Å². The normalized spacial score (nSPS) is 12.1. The highest BCUT2D eigenvalue weighted by Gasteiger charge is 2.20. The minimum atomic E-state index is -3.32. The van der Waals surface area contributed by atoms with Gasteiger partial charge in [0, 0.05) is 11.8 Å². The molecule has 0 saturated heterocycles. The van der Waals surface area contributed by atoms with E-state index in [0.717, 1.165) is 0 Å². The van der Waals surface area contributed by atoms with Crippen LogP contribution in [0.1, 0.15) is 6.92 Å². The second kappa shape index (κ2) is 3.38. The molecule has 0 spiro atoms. The fraction of sp³-hybridized carbons (Fsp3) is 0.222. The van der Waals surface area contributed by atoms with Crippen molar-refractivity contribution in [1.29, 1.82) is 0 Å². The number of hydrogen-bond acceptors (Lipinski definition) is 3. The molecule has 15 heavy (non-hydrogen) atoms. The van der Waals surface area contributed by atoms with Crippen LogP contribution in [0.5, 0.6) is 0 Å². The molecule has 2 aromatic heterocycles. The fourth-order valence-electron chi connectivity index (χ4n) is 1.46. The average molecular weight is 220 g/mol. The van der Waals surface area contributed by atoms with Crippen LogP contribution in [0, 0.1) is 0 Å². The van der Waals surface area contributed by atoms with Gasteiger partial charge in [-0.05, 0) is 12.1 Å². The highest BCUT2D eigenvalue weighted by molar-refractivity contribution is 7.91. The van der Waals surface area contributed by atoms with Gasteiger partial charge in [-0.1, -0.05) is 13.0 Å². The van der Waals surface area contributed by atoms with Crippen molar-refractivity contribution in [2.45, 2.75) is 11.8 Å². The third-order valence-electron chi connectivity index (χ3n) is 2.21. The summed E-state index contributed by atoms with van der Waals surface area (Å²) >= 11 is 0. The van der Waals surface area contributed by atoms with Crippen molar-refractivity contribution in [3.63, 3.8) is 0 Å². The molecule has 0 fully saturated rings. The van der Waals surface area contributed by atoms with Gasteiger partial charge in [-0.15, -0.1) is 0 Å². The summed E-state index contributed by atoms with van der Waals surface area (Å²) in [6, 6.07) is 5.21. The topological polar surface area (TPSA) is 51.4 Å². The van der Waals surface area contributed by atoms with Crippen LogP contribution in [0.2, 0.25) is 0 Å². The summed E-state index contributed by atoms with van der Waals surface area (Å²) in [5, 5.41) is 3.94. The van der Waals surface area contributed by atoms with E-state index < -0.39 is 9.84 Å². The summed E-state index contributed by atoms with van der Waals surface area (Å²) in [6.07, 6.45) is 1.67. The van der Waals surface area contributed by atoms with E-state index in [2.05, 4.69) is 5.10 Å². The van der Waals surface area contributed by atoms with Gasteiger partial charge >= 0.3 is 0 Å². The predicted octanol–water partition coefficient (Wildman–Crippen LogP) is -0.0783. The second-order valence-electron chi connectivity index (χ2n) is 3.15. The van der Waals surface area contributed by atoms with Gasteiger partial charge in [0.2, 0.25) is 0 Å². The number of rotatable bonds is 2. The van der Waals surface area contributed by atoms with E-state index in [1.54, 1.807) is 31.3 Å². The molecule has 0 saturated carbocycles. The molecule has 0 N–H and O–H groups in total. The van der Waals surface area contributed by atoms with Gasteiger partial charge in [-0.25, -0.2) is 12.9 Å². The van der Waals surface area contributed by atoms with Crippen LogP contribution in [0.25, 0.3) is 5.52 Å². The molecule has 0 aromatic carbocycles. The molecular weight excluding hydrogens is 211 g/mol. The lowest BCUT2D eigenvalue weighted by atomic mass is 10.1. The Balaban J connectivity index is 2.87. The maximum atomic E-state index is 11.8. The first kappa shape index (κ1) is 10.2. The maximum Gasteiger partial charge on any atom is 0.181 e. The molecule has 2 aromatic rings. The number of hydrogen-bond donors (Lipinski definition) is 0. The van der Waals surface area contributed by atoms with Crippen LogP contribution in [0.3, 0.4) is 0 Å². The maximum absolute atomic E-state index is 11.8. The Bertz CT molecular complexity index is 604. The van der Waals surface area contributed by atoms with Crippen LogP contribution in [-0.4, -0.2) is 31.6 Å². The van der Waals surface area contributed by atoms with Crippen LogP contribution in [-0.2, 0) is 9.84 Å². The first-order valence-corrected chi connectivity index (χ1v) is 6.17. The Morgan fingerprint density at radius 3 is 2.87 bits per heavy atom. The molecule has 0 atom stereocenters. The molecule has 0 amide bonds. The molecule has 2 rings (SSSR count). The summed E-state index contributed by atoms with van der Waals surface area (Å²) in [5.41, 5.74) is 0.583. The van der Waals surface area contributed by atoms with E-state index in [-0.39, 0.29) is 16.2 Å². The third-order valence-corrected chi connectivity index (χ3v) is 4.01. The predicted molar refractivity (Wildman–Crippen MR) is 58.3 cm³/mol. The van der Waals surface area contributed by atoms with Crippen molar-refractivity contribution < 1.29 is 8.42 Å². The summed E-state index contributed by atoms with van der Waals surface area (Å²) in [7, 11) is 2.28. The zero-order valence-corrected chi connectivity index (χ0v) is 9.03. The van der Waals surface area contributed by atoms with E-state index in [1.165, 1.54) is 4.52 Å². The molecule has 0 aliphatic carbocycles. The SMILES string of the molecule is [B]c1nn2ccccc2c1S(=O)(=O)CC. The Hall–Kier alpha value is -1.30. The quantitative estimate of drug-likeness (QED) is 0.665. The molecular formula is C9H9BN2O2S. The lowest BCUT2D eigenvalue weighted by molar-refractivity contribution is 0.598. The smallest absolute Gasteiger partial charge is 0.181 e. The molecule has 0 bridgehead atoms. The molecule has 2 heterocycles. The van der Waals surface area contributed by atoms with E-state index in [9.17, 15) is 8.42 Å². The molecule has 76 valence electrons. The van der Waals surface area contributed by atoms with Crippen LogP contribution in [0.15, 0.2) is 29.3 Å². The van der Waals surface area contributed by atoms with Gasteiger partial charge < -0.3 is 0 Å². The van der Waals surface area contributed by atoms with Gasteiger partial charge in [0.05, 0.1) is 11.3 Å². The van der Waals surface area contributed by atoms with E-state index in [1.807, 2.05) is 0 Å². The van der Waals surface area contributed by atoms with Gasteiger partial charge in [-0.3, -0.25) is 0 Å². The Morgan fingerprint density at radius 2 is 2.20 bits per heavy atom. The summed E-state index contributed by atoms with van der Waals surface area (Å²) < 4.78 is 25.0.